The fourth-order valence-corrected chi connectivity index (χ4v) is 7.78. The number of nitrogens with zero attached hydrogens (tertiary/aromatic N) is 2. The van der Waals surface area contributed by atoms with Crippen LogP contribution in [0.2, 0.25) is 13.1 Å². The third-order valence-electron chi connectivity index (χ3n) is 7.92. The molecule has 0 saturated heterocycles. The van der Waals surface area contributed by atoms with E-state index in [0.717, 1.165) is 10.4 Å². The van der Waals surface area contributed by atoms with Crippen LogP contribution in [0.3, 0.4) is 0 Å². The summed E-state index contributed by atoms with van der Waals surface area (Å²) in [4.78, 5) is 0. The van der Waals surface area contributed by atoms with Crippen molar-refractivity contribution >= 4 is 40.3 Å². The maximum atomic E-state index is 9.18. The van der Waals surface area contributed by atoms with Crippen molar-refractivity contribution in [2.75, 3.05) is 0 Å². The van der Waals surface area contributed by atoms with E-state index in [1.54, 1.807) is 9.13 Å². The van der Waals surface area contributed by atoms with Gasteiger partial charge in [-0.25, -0.2) is 0 Å². The summed E-state index contributed by atoms with van der Waals surface area (Å²) < 4.78 is 89.8. The van der Waals surface area contributed by atoms with E-state index in [2.05, 4.69) is 13.1 Å². The molecule has 0 amide bonds. The van der Waals surface area contributed by atoms with Gasteiger partial charge in [0.2, 0.25) is 0 Å². The summed E-state index contributed by atoms with van der Waals surface area (Å²) in [7, 11) is -2.32. The molecule has 3 heteroatoms. The molecule has 2 nitrogen and oxygen atoms in total. The number of aromatic nitrogens is 2. The molecule has 6 rings (SSSR count). The Balaban J connectivity index is 1.45. The molecule has 0 spiro atoms. The van der Waals surface area contributed by atoms with E-state index in [4.69, 9.17) is 11.0 Å². The minimum absolute atomic E-state index is 0.134. The molecular formula is C38H42N2Si. The molecule has 6 aromatic rings. The van der Waals surface area contributed by atoms with E-state index < -0.39 is 18.9 Å². The highest BCUT2D eigenvalue weighted by Gasteiger charge is 2.27. The Labute approximate surface area is 260 Å². The molecule has 0 radical (unpaired) electrons. The fraction of sp³-hybridized carbons (Fsp3) is 0.263. The molecule has 208 valence electrons. The second-order valence-electron chi connectivity index (χ2n) is 13.3. The van der Waals surface area contributed by atoms with Crippen molar-refractivity contribution in [1.82, 2.24) is 9.13 Å². The summed E-state index contributed by atoms with van der Waals surface area (Å²) in [5.41, 5.74) is 1.92. The van der Waals surface area contributed by atoms with E-state index in [1.165, 1.54) is 0 Å². The van der Waals surface area contributed by atoms with Crippen LogP contribution in [-0.2, 0) is 10.8 Å². The zero-order chi connectivity index (χ0) is 37.9. The van der Waals surface area contributed by atoms with Gasteiger partial charge in [0.15, 0.2) is 0 Å². The zero-order valence-electron chi connectivity index (χ0n) is 35.0. The predicted octanol–water partition coefficient (Wildman–Crippen LogP) is 8.99. The second-order valence-corrected chi connectivity index (χ2v) is 17.7. The van der Waals surface area contributed by atoms with Gasteiger partial charge in [0.1, 0.15) is 8.07 Å². The summed E-state index contributed by atoms with van der Waals surface area (Å²) in [6.45, 7) is 16.1. The van der Waals surface area contributed by atoms with Gasteiger partial charge in [0.25, 0.3) is 0 Å². The monoisotopic (exact) mass is 564 g/mol. The maximum Gasteiger partial charge on any atom is 0.112 e. The molecule has 0 saturated carbocycles. The molecule has 41 heavy (non-hydrogen) atoms. The van der Waals surface area contributed by atoms with Crippen molar-refractivity contribution < 1.29 is 13.7 Å². The topological polar surface area (TPSA) is 9.86 Å². The van der Waals surface area contributed by atoms with Crippen LogP contribution in [0, 0.1) is 0 Å². The zero-order valence-corrected chi connectivity index (χ0v) is 26.0. The highest BCUT2D eigenvalue weighted by molar-refractivity contribution is 7.00. The quantitative estimate of drug-likeness (QED) is 0.189. The Morgan fingerprint density at radius 3 is 1.22 bits per heavy atom. The van der Waals surface area contributed by atoms with Crippen LogP contribution in [0.1, 0.15) is 66.4 Å². The molecule has 2 heterocycles. The van der Waals surface area contributed by atoms with E-state index in [-0.39, 0.29) is 60.7 Å². The minimum Gasteiger partial charge on any atom is -0.316 e. The molecule has 0 aliphatic rings. The van der Waals surface area contributed by atoms with Crippen molar-refractivity contribution in [3.63, 3.8) is 0 Å². The van der Waals surface area contributed by atoms with Gasteiger partial charge in [-0.3, -0.25) is 0 Å². The van der Waals surface area contributed by atoms with E-state index in [0.29, 0.717) is 44.3 Å². The van der Waals surface area contributed by atoms with Crippen LogP contribution >= 0.6 is 0 Å². The number of rotatable bonds is 4. The normalized spacial score (nSPS) is 16.3. The fourth-order valence-electron chi connectivity index (χ4n) is 5.45. The van der Waals surface area contributed by atoms with E-state index in [9.17, 15) is 2.74 Å². The SMILES string of the molecule is [2H]c1c([2H])c([2H])c2c(c1[2H])c(C(C)(C)C)c([2H])n2-c1ccc([Si](C)(C)c2ccc(-n3c([2H])c(C(C)(C)C)c4c([2H])c([2H])c([2H])c([2H])c43)cc2)cc1. The lowest BCUT2D eigenvalue weighted by atomic mass is 9.87. The van der Waals surface area contributed by atoms with Crippen LogP contribution in [0.4, 0.5) is 0 Å². The molecule has 0 unspecified atom stereocenters. The van der Waals surface area contributed by atoms with Crippen LogP contribution in [0.25, 0.3) is 33.2 Å². The first kappa shape index (κ1) is 17.9. The first-order valence-corrected chi connectivity index (χ1v) is 17.0. The molecule has 0 bridgehead atoms. The Morgan fingerprint density at radius 1 is 0.537 bits per heavy atom. The summed E-state index contributed by atoms with van der Waals surface area (Å²) in [6.07, 6.45) is 0.269. The predicted molar refractivity (Wildman–Crippen MR) is 181 cm³/mol. The molecule has 0 fully saturated rings. The van der Waals surface area contributed by atoms with E-state index >= 15 is 0 Å². The molecule has 4 aromatic carbocycles. The number of benzene rings is 4. The van der Waals surface area contributed by atoms with Crippen molar-refractivity contribution in [3.05, 3.63) is 120 Å². The molecule has 2 aromatic heterocycles. The molecule has 0 aliphatic heterocycles. The lowest BCUT2D eigenvalue weighted by Crippen LogP contribution is -2.52. The van der Waals surface area contributed by atoms with Gasteiger partial charge in [0.05, 0.1) is 24.7 Å². The van der Waals surface area contributed by atoms with E-state index in [1.807, 2.05) is 90.1 Å². The van der Waals surface area contributed by atoms with Crippen LogP contribution in [-0.4, -0.2) is 17.2 Å². The summed E-state index contributed by atoms with van der Waals surface area (Å²) in [5.74, 6) is 0. The molecule has 0 aliphatic carbocycles. The maximum absolute atomic E-state index is 9.18. The van der Waals surface area contributed by atoms with Crippen LogP contribution < -0.4 is 10.4 Å². The summed E-state index contributed by atoms with van der Waals surface area (Å²) in [5, 5.41) is 2.95. The highest BCUT2D eigenvalue weighted by atomic mass is 28.3. The van der Waals surface area contributed by atoms with Gasteiger partial charge in [-0.05, 0) is 58.3 Å². The molecule has 0 N–H and O–H groups in total. The average Bonchev–Trinajstić information content (AvgIpc) is 3.56. The first-order valence-electron chi connectivity index (χ1n) is 19.0. The number of fused-ring (bicyclic) bond motifs is 2. The Morgan fingerprint density at radius 2 is 0.878 bits per heavy atom. The lowest BCUT2D eigenvalue weighted by molar-refractivity contribution is 0.594. The largest absolute Gasteiger partial charge is 0.316 e. The number of para-hydroxylation sites is 2. The van der Waals surface area contributed by atoms with Gasteiger partial charge < -0.3 is 9.13 Å². The van der Waals surface area contributed by atoms with Crippen LogP contribution in [0.5, 0.6) is 0 Å². The number of hydrogen-bond donors (Lipinski definition) is 0. The Bertz CT molecular complexity index is 2230. The summed E-state index contributed by atoms with van der Waals surface area (Å²) in [6, 6.07) is 13.8. The van der Waals surface area contributed by atoms with Crippen molar-refractivity contribution in [2.24, 2.45) is 0 Å². The van der Waals surface area contributed by atoms with Gasteiger partial charge >= 0.3 is 0 Å². The first-order chi connectivity index (χ1) is 23.5. The third-order valence-corrected chi connectivity index (χ3v) is 11.5. The van der Waals surface area contributed by atoms with Crippen molar-refractivity contribution in [2.45, 2.75) is 65.5 Å². The third kappa shape index (κ3) is 4.76. The standard InChI is InChI=1S/C38H42N2Si/c1-37(2,3)33-25-39(35-15-11-9-13-31(33)35)27-17-21-29(22-18-27)41(7,8)30-23-19-28(20-24-30)40-26-34(38(4,5)6)32-14-10-12-16-36(32)40/h9-26H,1-8H3/i9D,10D,11D,12D,13D,14D,15D,16D,25D,26D. The molecular weight excluding hydrogens is 513 g/mol. The smallest absolute Gasteiger partial charge is 0.112 e. The average molecular weight is 565 g/mol. The Kier molecular flexibility index (Phi) is 4.20. The van der Waals surface area contributed by atoms with Crippen molar-refractivity contribution in [3.8, 4) is 11.4 Å². The van der Waals surface area contributed by atoms with Crippen LogP contribution in [0.15, 0.2) is 109 Å². The number of hydrogen-bond acceptors (Lipinski definition) is 0. The van der Waals surface area contributed by atoms with Crippen molar-refractivity contribution in [1.29, 1.82) is 0 Å². The highest BCUT2D eigenvalue weighted by Crippen LogP contribution is 2.34. The van der Waals surface area contributed by atoms with Gasteiger partial charge in [-0.15, -0.1) is 0 Å². The lowest BCUT2D eigenvalue weighted by Gasteiger charge is -2.24. The Hall–Kier alpha value is -3.82. The van der Waals surface area contributed by atoms with Gasteiger partial charge in [0, 0.05) is 34.5 Å². The van der Waals surface area contributed by atoms with Gasteiger partial charge in [-0.2, -0.15) is 0 Å². The molecule has 0 atom stereocenters. The van der Waals surface area contributed by atoms with Gasteiger partial charge in [-0.1, -0.05) is 126 Å². The summed E-state index contributed by atoms with van der Waals surface area (Å²) >= 11 is 0. The second kappa shape index (κ2) is 9.63. The minimum atomic E-state index is -2.32.